The van der Waals surface area contributed by atoms with Crippen molar-refractivity contribution in [2.45, 2.75) is 20.3 Å². The molecule has 0 bridgehead atoms. The molecule has 2 N–H and O–H groups in total. The van der Waals surface area contributed by atoms with Crippen LogP contribution in [-0.2, 0) is 4.79 Å². The molecule has 0 spiro atoms. The summed E-state index contributed by atoms with van der Waals surface area (Å²) in [7, 11) is 0. The molecule has 1 heterocycles. The number of aliphatic hydroxyl groups is 1. The summed E-state index contributed by atoms with van der Waals surface area (Å²) in [4.78, 5) is 13.5. The lowest BCUT2D eigenvalue weighted by atomic mass is 9.93. The average molecular weight is 200 g/mol. The Morgan fingerprint density at radius 3 is 2.79 bits per heavy atom. The molecule has 0 radical (unpaired) electrons. The zero-order valence-corrected chi connectivity index (χ0v) is 9.05. The van der Waals surface area contributed by atoms with Crippen molar-refractivity contribution in [2.24, 2.45) is 5.41 Å². The fraction of sp³-hybridized carbons (Fsp3) is 0.900. The first-order chi connectivity index (χ1) is 6.53. The van der Waals surface area contributed by atoms with Crippen LogP contribution in [0, 0.1) is 5.41 Å². The second-order valence-corrected chi connectivity index (χ2v) is 4.70. The summed E-state index contributed by atoms with van der Waals surface area (Å²) in [5.41, 5.74) is 0.345. The highest BCUT2D eigenvalue weighted by molar-refractivity contribution is 5.78. The highest BCUT2D eigenvalue weighted by atomic mass is 16.3. The van der Waals surface area contributed by atoms with E-state index >= 15 is 0 Å². The smallest absolute Gasteiger partial charge is 0.234 e. The molecule has 1 rings (SSSR count). The molecule has 0 atom stereocenters. The summed E-state index contributed by atoms with van der Waals surface area (Å²) in [6.07, 6.45) is 1.15. The van der Waals surface area contributed by atoms with E-state index in [-0.39, 0.29) is 12.5 Å². The molecular weight excluding hydrogens is 180 g/mol. The van der Waals surface area contributed by atoms with E-state index in [2.05, 4.69) is 24.1 Å². The van der Waals surface area contributed by atoms with Gasteiger partial charge in [-0.15, -0.1) is 0 Å². The van der Waals surface area contributed by atoms with Crippen LogP contribution >= 0.6 is 0 Å². The number of hydrogen-bond donors (Lipinski definition) is 2. The lowest BCUT2D eigenvalue weighted by Crippen LogP contribution is -2.37. The van der Waals surface area contributed by atoms with Gasteiger partial charge >= 0.3 is 0 Å². The number of amides is 1. The third-order valence-electron chi connectivity index (χ3n) is 2.56. The predicted molar refractivity (Wildman–Crippen MR) is 54.9 cm³/mol. The van der Waals surface area contributed by atoms with Gasteiger partial charge in [-0.05, 0) is 18.4 Å². The monoisotopic (exact) mass is 200 g/mol. The molecule has 1 saturated heterocycles. The number of likely N-dealkylation sites (tertiary alicyclic amines) is 1. The summed E-state index contributed by atoms with van der Waals surface area (Å²) in [5.74, 6) is 0.0109. The second-order valence-electron chi connectivity index (χ2n) is 4.70. The fourth-order valence-electron chi connectivity index (χ4n) is 1.81. The summed E-state index contributed by atoms with van der Waals surface area (Å²) in [6.45, 7) is 7.26. The first-order valence-corrected chi connectivity index (χ1v) is 5.13. The van der Waals surface area contributed by atoms with Crippen molar-refractivity contribution >= 4 is 5.91 Å². The van der Waals surface area contributed by atoms with E-state index < -0.39 is 0 Å². The number of carbonyl (C=O) groups is 1. The maximum atomic E-state index is 11.3. The van der Waals surface area contributed by atoms with Crippen LogP contribution in [0.3, 0.4) is 0 Å². The second kappa shape index (κ2) is 4.75. The molecule has 4 heteroatoms. The Bertz CT molecular complexity index is 204. The third-order valence-corrected chi connectivity index (χ3v) is 2.56. The van der Waals surface area contributed by atoms with E-state index in [9.17, 15) is 4.79 Å². The van der Waals surface area contributed by atoms with Gasteiger partial charge in [-0.3, -0.25) is 9.69 Å². The van der Waals surface area contributed by atoms with Crippen LogP contribution in [0.15, 0.2) is 0 Å². The van der Waals surface area contributed by atoms with Gasteiger partial charge in [-0.1, -0.05) is 13.8 Å². The molecule has 1 aliphatic rings. The van der Waals surface area contributed by atoms with Gasteiger partial charge in [0.15, 0.2) is 0 Å². The van der Waals surface area contributed by atoms with Gasteiger partial charge in [-0.2, -0.15) is 0 Å². The van der Waals surface area contributed by atoms with Crippen molar-refractivity contribution in [3.8, 4) is 0 Å². The van der Waals surface area contributed by atoms with E-state index in [0.29, 0.717) is 18.5 Å². The van der Waals surface area contributed by atoms with Crippen molar-refractivity contribution in [3.05, 3.63) is 0 Å². The predicted octanol–water partition coefficient (Wildman–Crippen LogP) is -0.173. The Hall–Kier alpha value is -0.610. The van der Waals surface area contributed by atoms with E-state index in [1.165, 1.54) is 0 Å². The molecular formula is C10H20N2O2. The summed E-state index contributed by atoms with van der Waals surface area (Å²) in [6, 6.07) is 0. The minimum atomic E-state index is 0.0109. The zero-order valence-electron chi connectivity index (χ0n) is 9.05. The lowest BCUT2D eigenvalue weighted by Gasteiger charge is -2.18. The van der Waals surface area contributed by atoms with E-state index in [0.717, 1.165) is 19.5 Å². The molecule has 0 saturated carbocycles. The summed E-state index contributed by atoms with van der Waals surface area (Å²) in [5, 5.41) is 11.2. The third kappa shape index (κ3) is 3.64. The average Bonchev–Trinajstić information content (AvgIpc) is 2.42. The van der Waals surface area contributed by atoms with Crippen LogP contribution in [0.1, 0.15) is 20.3 Å². The van der Waals surface area contributed by atoms with Gasteiger partial charge in [-0.25, -0.2) is 0 Å². The first kappa shape index (κ1) is 11.5. The van der Waals surface area contributed by atoms with Crippen LogP contribution in [0.2, 0.25) is 0 Å². The van der Waals surface area contributed by atoms with Crippen molar-refractivity contribution in [2.75, 3.05) is 32.8 Å². The van der Waals surface area contributed by atoms with Gasteiger partial charge < -0.3 is 10.4 Å². The fourth-order valence-corrected chi connectivity index (χ4v) is 1.81. The first-order valence-electron chi connectivity index (χ1n) is 5.13. The molecule has 0 aromatic heterocycles. The van der Waals surface area contributed by atoms with Gasteiger partial charge in [0.05, 0.1) is 13.2 Å². The zero-order chi connectivity index (χ0) is 10.6. The number of nitrogens with one attached hydrogen (secondary N) is 1. The van der Waals surface area contributed by atoms with Crippen molar-refractivity contribution in [1.82, 2.24) is 10.2 Å². The Morgan fingerprint density at radius 1 is 1.57 bits per heavy atom. The summed E-state index contributed by atoms with van der Waals surface area (Å²) >= 11 is 0. The van der Waals surface area contributed by atoms with Crippen LogP contribution in [0.25, 0.3) is 0 Å². The molecule has 1 amide bonds. The Kier molecular flexibility index (Phi) is 3.89. The normalized spacial score (nSPS) is 21.1. The standard InChI is InChI=1S/C10H20N2O2/c1-10(2)3-5-12(8-10)7-9(14)11-4-6-13/h13H,3-8H2,1-2H3,(H,11,14). The molecule has 0 aromatic carbocycles. The minimum absolute atomic E-state index is 0.0109. The highest BCUT2D eigenvalue weighted by Gasteiger charge is 2.29. The highest BCUT2D eigenvalue weighted by Crippen LogP contribution is 2.28. The number of carbonyl (C=O) groups excluding carboxylic acids is 1. The molecule has 4 nitrogen and oxygen atoms in total. The number of nitrogens with zero attached hydrogens (tertiary/aromatic N) is 1. The lowest BCUT2D eigenvalue weighted by molar-refractivity contribution is -0.122. The topological polar surface area (TPSA) is 52.6 Å². The van der Waals surface area contributed by atoms with Crippen molar-refractivity contribution in [3.63, 3.8) is 0 Å². The van der Waals surface area contributed by atoms with Crippen LogP contribution in [0.5, 0.6) is 0 Å². The quantitative estimate of drug-likeness (QED) is 0.662. The minimum Gasteiger partial charge on any atom is -0.395 e. The number of hydrogen-bond acceptors (Lipinski definition) is 3. The molecule has 0 aliphatic carbocycles. The van der Waals surface area contributed by atoms with E-state index in [4.69, 9.17) is 5.11 Å². The molecule has 0 aromatic rings. The van der Waals surface area contributed by atoms with Crippen LogP contribution < -0.4 is 5.32 Å². The van der Waals surface area contributed by atoms with E-state index in [1.54, 1.807) is 0 Å². The SMILES string of the molecule is CC1(C)CCN(CC(=O)NCCO)C1. The maximum absolute atomic E-state index is 11.3. The van der Waals surface area contributed by atoms with Gasteiger partial charge in [0, 0.05) is 13.1 Å². The van der Waals surface area contributed by atoms with Gasteiger partial charge in [0.25, 0.3) is 0 Å². The largest absolute Gasteiger partial charge is 0.395 e. The van der Waals surface area contributed by atoms with Crippen molar-refractivity contribution < 1.29 is 9.90 Å². The molecule has 82 valence electrons. The van der Waals surface area contributed by atoms with Crippen LogP contribution in [0.4, 0.5) is 0 Å². The number of aliphatic hydroxyl groups excluding tert-OH is 1. The maximum Gasteiger partial charge on any atom is 0.234 e. The molecule has 1 fully saturated rings. The Morgan fingerprint density at radius 2 is 2.29 bits per heavy atom. The van der Waals surface area contributed by atoms with Gasteiger partial charge in [0.1, 0.15) is 0 Å². The van der Waals surface area contributed by atoms with Crippen LogP contribution in [-0.4, -0.2) is 48.7 Å². The number of rotatable bonds is 4. The van der Waals surface area contributed by atoms with Gasteiger partial charge in [0.2, 0.25) is 5.91 Å². The van der Waals surface area contributed by atoms with E-state index in [1.807, 2.05) is 0 Å². The molecule has 0 unspecified atom stereocenters. The Balaban J connectivity index is 2.22. The molecule has 14 heavy (non-hydrogen) atoms. The summed E-state index contributed by atoms with van der Waals surface area (Å²) < 4.78 is 0. The van der Waals surface area contributed by atoms with Crippen molar-refractivity contribution in [1.29, 1.82) is 0 Å². The molecule has 1 aliphatic heterocycles. The Labute approximate surface area is 85.3 Å².